The van der Waals surface area contributed by atoms with Gasteiger partial charge >= 0.3 is 0 Å². The van der Waals surface area contributed by atoms with Crippen LogP contribution in [0.1, 0.15) is 11.1 Å². The van der Waals surface area contributed by atoms with E-state index in [0.717, 1.165) is 22.6 Å². The minimum absolute atomic E-state index is 0.479. The Labute approximate surface area is 92.6 Å². The molecule has 3 heteroatoms. The quantitative estimate of drug-likeness (QED) is 0.625. The summed E-state index contributed by atoms with van der Waals surface area (Å²) in [6.07, 6.45) is 0.693. The van der Waals surface area contributed by atoms with Gasteiger partial charge in [0.1, 0.15) is 11.5 Å². The van der Waals surface area contributed by atoms with E-state index >= 15 is 0 Å². The van der Waals surface area contributed by atoms with E-state index in [-0.39, 0.29) is 0 Å². The number of fused-ring (bicyclic) bond motifs is 2. The number of ether oxygens (including phenoxy) is 1. The first-order chi connectivity index (χ1) is 7.88. The average molecular weight is 215 g/mol. The lowest BCUT2D eigenvalue weighted by Gasteiger charge is -2.21. The van der Waals surface area contributed by atoms with Gasteiger partial charge < -0.3 is 4.74 Å². The highest BCUT2D eigenvalue weighted by Crippen LogP contribution is 2.39. The predicted molar refractivity (Wildman–Crippen MR) is 60.5 cm³/mol. The Hall–Kier alpha value is -2.03. The molecule has 0 radical (unpaired) electrons. The number of benzene rings is 2. The molecule has 1 aliphatic heterocycles. The van der Waals surface area contributed by atoms with Gasteiger partial charge in [-0.15, -0.1) is 4.48 Å². The topological polar surface area (TPSA) is 21.3 Å². The van der Waals surface area contributed by atoms with Gasteiger partial charge in [-0.3, -0.25) is 0 Å². The summed E-state index contributed by atoms with van der Waals surface area (Å²) in [7, 11) is 0. The Balaban J connectivity index is 2.12. The second-order valence-electron chi connectivity index (χ2n) is 3.76. The fraction of sp³-hybridized carbons (Fsp3) is 0.0769. The standard InChI is InChI=1S/C13H10FNO/c14-15-11-5-3-7-13-10(11)8-9-4-1-2-6-12(9)16-13/h1-7,15H,8H2. The SMILES string of the molecule is FNc1cccc2c1Cc1ccccc1O2. The van der Waals surface area contributed by atoms with E-state index in [1.165, 1.54) is 0 Å². The fourth-order valence-electron chi connectivity index (χ4n) is 1.99. The van der Waals surface area contributed by atoms with Crippen LogP contribution < -0.4 is 10.3 Å². The summed E-state index contributed by atoms with van der Waals surface area (Å²) < 4.78 is 18.3. The summed E-state index contributed by atoms with van der Waals surface area (Å²) >= 11 is 0. The fourth-order valence-corrected chi connectivity index (χ4v) is 1.99. The maximum atomic E-state index is 12.6. The molecule has 0 amide bonds. The first-order valence-electron chi connectivity index (χ1n) is 5.13. The van der Waals surface area contributed by atoms with Gasteiger partial charge in [0.25, 0.3) is 0 Å². The lowest BCUT2D eigenvalue weighted by molar-refractivity contribution is 0.459. The van der Waals surface area contributed by atoms with Crippen LogP contribution in [0.5, 0.6) is 11.5 Å². The lowest BCUT2D eigenvalue weighted by Crippen LogP contribution is -2.04. The highest BCUT2D eigenvalue weighted by atomic mass is 19.2. The third kappa shape index (κ3) is 1.33. The number of rotatable bonds is 1. The van der Waals surface area contributed by atoms with Gasteiger partial charge in [-0.05, 0) is 23.8 Å². The molecule has 2 aromatic rings. The van der Waals surface area contributed by atoms with E-state index in [1.54, 1.807) is 17.7 Å². The van der Waals surface area contributed by atoms with Gasteiger partial charge in [0, 0.05) is 12.0 Å². The minimum atomic E-state index is 0.479. The second-order valence-corrected chi connectivity index (χ2v) is 3.76. The maximum Gasteiger partial charge on any atom is 0.133 e. The van der Waals surface area contributed by atoms with Gasteiger partial charge in [0.2, 0.25) is 0 Å². The molecule has 0 spiro atoms. The van der Waals surface area contributed by atoms with E-state index in [0.29, 0.717) is 12.1 Å². The molecule has 1 aliphatic rings. The molecule has 0 fully saturated rings. The number of anilines is 1. The molecule has 0 saturated heterocycles. The van der Waals surface area contributed by atoms with Crippen molar-refractivity contribution in [2.45, 2.75) is 6.42 Å². The van der Waals surface area contributed by atoms with Crippen molar-refractivity contribution in [3.8, 4) is 11.5 Å². The van der Waals surface area contributed by atoms with E-state index in [4.69, 9.17) is 4.74 Å². The van der Waals surface area contributed by atoms with Crippen LogP contribution in [0, 0.1) is 0 Å². The highest BCUT2D eigenvalue weighted by Gasteiger charge is 2.18. The van der Waals surface area contributed by atoms with Crippen molar-refractivity contribution in [1.29, 1.82) is 0 Å². The molecule has 0 unspecified atom stereocenters. The number of halogens is 1. The first-order valence-corrected chi connectivity index (χ1v) is 5.13. The molecular formula is C13H10FNO. The van der Waals surface area contributed by atoms with Crippen LogP contribution in [0.15, 0.2) is 42.5 Å². The maximum absolute atomic E-state index is 12.6. The number of para-hydroxylation sites is 1. The van der Waals surface area contributed by atoms with E-state index < -0.39 is 0 Å². The van der Waals surface area contributed by atoms with Crippen molar-refractivity contribution in [3.63, 3.8) is 0 Å². The summed E-state index contributed by atoms with van der Waals surface area (Å²) in [6.45, 7) is 0. The third-order valence-electron chi connectivity index (χ3n) is 2.79. The van der Waals surface area contributed by atoms with Gasteiger partial charge in [0.05, 0.1) is 5.69 Å². The Morgan fingerprint density at radius 2 is 1.81 bits per heavy atom. The van der Waals surface area contributed by atoms with Crippen LogP contribution in [-0.2, 0) is 6.42 Å². The molecule has 0 aliphatic carbocycles. The molecule has 0 bridgehead atoms. The van der Waals surface area contributed by atoms with Crippen LogP contribution in [0.3, 0.4) is 0 Å². The van der Waals surface area contributed by atoms with Gasteiger partial charge in [0.15, 0.2) is 0 Å². The molecule has 16 heavy (non-hydrogen) atoms. The molecular weight excluding hydrogens is 205 g/mol. The summed E-state index contributed by atoms with van der Waals surface area (Å²) in [5.74, 6) is 1.58. The Bertz CT molecular complexity index is 539. The molecule has 0 aromatic heterocycles. The number of nitrogens with one attached hydrogen (secondary N) is 1. The molecule has 1 N–H and O–H groups in total. The smallest absolute Gasteiger partial charge is 0.133 e. The van der Waals surface area contributed by atoms with Crippen molar-refractivity contribution in [1.82, 2.24) is 0 Å². The largest absolute Gasteiger partial charge is 0.457 e. The van der Waals surface area contributed by atoms with Gasteiger partial charge in [-0.1, -0.05) is 24.3 Å². The van der Waals surface area contributed by atoms with Gasteiger partial charge in [-0.25, -0.2) is 5.54 Å². The zero-order valence-corrected chi connectivity index (χ0v) is 8.53. The molecule has 0 saturated carbocycles. The lowest BCUT2D eigenvalue weighted by atomic mass is 9.99. The molecule has 1 heterocycles. The molecule has 80 valence electrons. The molecule has 0 atom stereocenters. The van der Waals surface area contributed by atoms with Crippen molar-refractivity contribution in [2.75, 3.05) is 5.54 Å². The number of hydrogen-bond donors (Lipinski definition) is 1. The van der Waals surface area contributed by atoms with Crippen molar-refractivity contribution >= 4 is 5.69 Å². The summed E-state index contributed by atoms with van der Waals surface area (Å²) in [6, 6.07) is 13.1. The normalized spacial score (nSPS) is 12.3. The first kappa shape index (κ1) is 9.21. The molecule has 2 nitrogen and oxygen atoms in total. The van der Waals surface area contributed by atoms with Crippen molar-refractivity contribution in [2.24, 2.45) is 0 Å². The van der Waals surface area contributed by atoms with Crippen LogP contribution in [-0.4, -0.2) is 0 Å². The monoisotopic (exact) mass is 215 g/mol. The third-order valence-corrected chi connectivity index (χ3v) is 2.79. The van der Waals surface area contributed by atoms with Crippen LogP contribution in [0.4, 0.5) is 10.2 Å². The van der Waals surface area contributed by atoms with Gasteiger partial charge in [-0.2, -0.15) is 0 Å². The predicted octanol–water partition coefficient (Wildman–Crippen LogP) is 3.68. The Kier molecular flexibility index (Phi) is 2.03. The second kappa shape index (κ2) is 3.52. The molecule has 2 aromatic carbocycles. The Morgan fingerprint density at radius 3 is 2.69 bits per heavy atom. The summed E-state index contributed by atoms with van der Waals surface area (Å²) in [4.78, 5) is 0. The van der Waals surface area contributed by atoms with Crippen molar-refractivity contribution in [3.05, 3.63) is 53.6 Å². The Morgan fingerprint density at radius 1 is 1.00 bits per heavy atom. The summed E-state index contributed by atoms with van der Waals surface area (Å²) in [5.41, 5.74) is 4.13. The van der Waals surface area contributed by atoms with Crippen LogP contribution in [0.25, 0.3) is 0 Å². The molecule has 3 rings (SSSR count). The van der Waals surface area contributed by atoms with Crippen LogP contribution in [0.2, 0.25) is 0 Å². The minimum Gasteiger partial charge on any atom is -0.457 e. The van der Waals surface area contributed by atoms with Crippen LogP contribution >= 0.6 is 0 Å². The average Bonchev–Trinajstić information content (AvgIpc) is 2.35. The highest BCUT2D eigenvalue weighted by molar-refractivity contribution is 5.62. The number of hydrogen-bond acceptors (Lipinski definition) is 2. The zero-order valence-electron chi connectivity index (χ0n) is 8.53. The van der Waals surface area contributed by atoms with E-state index in [1.807, 2.05) is 30.3 Å². The van der Waals surface area contributed by atoms with E-state index in [9.17, 15) is 4.48 Å². The van der Waals surface area contributed by atoms with Crippen molar-refractivity contribution < 1.29 is 9.22 Å². The van der Waals surface area contributed by atoms with E-state index in [2.05, 4.69) is 0 Å². The zero-order chi connectivity index (χ0) is 11.0. The summed E-state index contributed by atoms with van der Waals surface area (Å²) in [5, 5.41) is 0.